The summed E-state index contributed by atoms with van der Waals surface area (Å²) in [5.74, 6) is -1.89. The van der Waals surface area contributed by atoms with Crippen molar-refractivity contribution in [3.63, 3.8) is 0 Å². The second kappa shape index (κ2) is 9.49. The summed E-state index contributed by atoms with van der Waals surface area (Å²) in [4.78, 5) is 11.9. The number of aliphatic hydroxyl groups is 3. The molecule has 2 atom stereocenters. The Morgan fingerprint density at radius 3 is 2.41 bits per heavy atom. The van der Waals surface area contributed by atoms with Gasteiger partial charge in [0, 0.05) is 22.5 Å². The van der Waals surface area contributed by atoms with E-state index < -0.39 is 53.9 Å². The monoisotopic (exact) mass is 543 g/mol. The maximum absolute atomic E-state index is 14.8. The fourth-order valence-corrected chi connectivity index (χ4v) is 4.77. The highest BCUT2D eigenvalue weighted by Gasteiger charge is 2.57. The van der Waals surface area contributed by atoms with Gasteiger partial charge in [0.25, 0.3) is 0 Å². The molecule has 0 saturated carbocycles. The van der Waals surface area contributed by atoms with Gasteiger partial charge >= 0.3 is 12.1 Å². The standard InChI is InChI=1S/C27H21F4N3O5/c28-17-5-7-18(8-6-17)34-23-9-4-16(10-15(23)11-32-34)26(39,27(29,30)31)22-13-33(12-19(36)14-35)24-20(22)2-1-3-21(24)25(37)38/h1-11,13,19,35-36,39H,12,14H2,(H,37,38). The molecule has 0 radical (unpaired) electrons. The number of rotatable bonds is 7. The molecule has 8 nitrogen and oxygen atoms in total. The number of hydrogen-bond donors (Lipinski definition) is 4. The molecule has 12 heteroatoms. The third kappa shape index (κ3) is 4.32. The molecule has 0 fully saturated rings. The first-order valence-corrected chi connectivity index (χ1v) is 11.6. The Morgan fingerprint density at radius 1 is 1.05 bits per heavy atom. The molecule has 0 aliphatic rings. The first kappa shape index (κ1) is 26.4. The van der Waals surface area contributed by atoms with Crippen molar-refractivity contribution in [1.29, 1.82) is 0 Å². The first-order chi connectivity index (χ1) is 18.5. The van der Waals surface area contributed by atoms with Gasteiger partial charge in [-0.15, -0.1) is 0 Å². The quantitative estimate of drug-likeness (QED) is 0.231. The maximum atomic E-state index is 14.8. The normalized spacial score (nSPS) is 14.5. The number of carboxylic acids is 1. The molecule has 0 spiro atoms. The summed E-state index contributed by atoms with van der Waals surface area (Å²) < 4.78 is 60.2. The summed E-state index contributed by atoms with van der Waals surface area (Å²) in [6.07, 6.45) is -4.41. The van der Waals surface area contributed by atoms with Crippen molar-refractivity contribution in [1.82, 2.24) is 14.3 Å². The lowest BCUT2D eigenvalue weighted by atomic mass is 9.84. The molecule has 39 heavy (non-hydrogen) atoms. The number of aromatic carboxylic acids is 1. The third-order valence-electron chi connectivity index (χ3n) is 6.60. The molecular weight excluding hydrogens is 522 g/mol. The van der Waals surface area contributed by atoms with Gasteiger partial charge in [0.15, 0.2) is 0 Å². The summed E-state index contributed by atoms with van der Waals surface area (Å²) >= 11 is 0. The highest BCUT2D eigenvalue weighted by molar-refractivity contribution is 6.04. The van der Waals surface area contributed by atoms with Crippen LogP contribution in [0.4, 0.5) is 17.6 Å². The Morgan fingerprint density at radius 2 is 1.77 bits per heavy atom. The number of carbonyl (C=O) groups is 1. The molecule has 5 aromatic rings. The lowest BCUT2D eigenvalue weighted by molar-refractivity contribution is -0.247. The minimum atomic E-state index is -5.26. The van der Waals surface area contributed by atoms with Crippen LogP contribution in [0.2, 0.25) is 0 Å². The number of aromatic nitrogens is 3. The molecule has 2 unspecified atom stereocenters. The van der Waals surface area contributed by atoms with E-state index in [0.717, 1.165) is 22.9 Å². The predicted octanol–water partition coefficient (Wildman–Crippen LogP) is 3.97. The van der Waals surface area contributed by atoms with Crippen LogP contribution < -0.4 is 0 Å². The number of benzene rings is 3. The summed E-state index contributed by atoms with van der Waals surface area (Å²) in [5.41, 5.74) is -4.42. The van der Waals surface area contributed by atoms with Gasteiger partial charge in [-0.1, -0.05) is 18.2 Å². The van der Waals surface area contributed by atoms with Crippen molar-refractivity contribution in [2.45, 2.75) is 24.4 Å². The zero-order valence-corrected chi connectivity index (χ0v) is 20.0. The van der Waals surface area contributed by atoms with E-state index in [2.05, 4.69) is 5.10 Å². The average Bonchev–Trinajstić information content (AvgIpc) is 3.49. The minimum Gasteiger partial charge on any atom is -0.478 e. The van der Waals surface area contributed by atoms with Crippen molar-refractivity contribution < 1.29 is 42.8 Å². The van der Waals surface area contributed by atoms with Crippen LogP contribution in [0.25, 0.3) is 27.5 Å². The molecule has 5 rings (SSSR count). The first-order valence-electron chi connectivity index (χ1n) is 11.6. The van der Waals surface area contributed by atoms with Gasteiger partial charge in [0.1, 0.15) is 5.82 Å². The van der Waals surface area contributed by atoms with E-state index in [1.807, 2.05) is 0 Å². The fourth-order valence-electron chi connectivity index (χ4n) is 4.77. The number of nitrogens with zero attached hydrogens (tertiary/aromatic N) is 3. The zero-order valence-electron chi connectivity index (χ0n) is 20.0. The summed E-state index contributed by atoms with van der Waals surface area (Å²) in [6.45, 7) is -1.14. The van der Waals surface area contributed by atoms with Gasteiger partial charge in [0.05, 0.1) is 47.7 Å². The highest BCUT2D eigenvalue weighted by atomic mass is 19.4. The van der Waals surface area contributed by atoms with E-state index >= 15 is 0 Å². The largest absolute Gasteiger partial charge is 0.478 e. The third-order valence-corrected chi connectivity index (χ3v) is 6.60. The van der Waals surface area contributed by atoms with E-state index in [4.69, 9.17) is 0 Å². The molecule has 0 amide bonds. The number of hydrogen-bond acceptors (Lipinski definition) is 5. The number of carboxylic acid groups (broad SMARTS) is 1. The topological polar surface area (TPSA) is 121 Å². The molecule has 2 heterocycles. The van der Waals surface area contributed by atoms with Gasteiger partial charge in [0.2, 0.25) is 5.60 Å². The molecular formula is C27H21F4N3O5. The number of halogens is 4. The zero-order chi connectivity index (χ0) is 28.1. The summed E-state index contributed by atoms with van der Waals surface area (Å²) in [6, 6.07) is 12.6. The van der Waals surface area contributed by atoms with Crippen molar-refractivity contribution in [3.8, 4) is 5.69 Å². The van der Waals surface area contributed by atoms with Gasteiger partial charge < -0.3 is 25.0 Å². The van der Waals surface area contributed by atoms with Gasteiger partial charge in [-0.25, -0.2) is 13.9 Å². The second-order valence-corrected chi connectivity index (χ2v) is 9.05. The van der Waals surface area contributed by atoms with Crippen LogP contribution in [0.5, 0.6) is 0 Å². The summed E-state index contributed by atoms with van der Waals surface area (Å²) in [5, 5.41) is 44.7. The Kier molecular flexibility index (Phi) is 6.41. The lowest BCUT2D eigenvalue weighted by Gasteiger charge is -2.31. The van der Waals surface area contributed by atoms with Crippen LogP contribution in [-0.4, -0.2) is 59.6 Å². The van der Waals surface area contributed by atoms with Crippen molar-refractivity contribution in [2.24, 2.45) is 0 Å². The lowest BCUT2D eigenvalue weighted by Crippen LogP contribution is -2.43. The van der Waals surface area contributed by atoms with E-state index in [9.17, 15) is 42.8 Å². The van der Waals surface area contributed by atoms with Crippen LogP contribution >= 0.6 is 0 Å². The van der Waals surface area contributed by atoms with E-state index in [1.165, 1.54) is 59.4 Å². The average molecular weight is 543 g/mol. The van der Waals surface area contributed by atoms with Crippen molar-refractivity contribution >= 4 is 27.8 Å². The molecule has 0 aliphatic heterocycles. The predicted molar refractivity (Wildman–Crippen MR) is 132 cm³/mol. The van der Waals surface area contributed by atoms with Crippen molar-refractivity contribution in [3.05, 3.63) is 95.6 Å². The van der Waals surface area contributed by atoms with Crippen LogP contribution in [-0.2, 0) is 12.1 Å². The number of para-hydroxylation sites is 1. The van der Waals surface area contributed by atoms with Crippen LogP contribution in [0, 0.1) is 5.82 Å². The summed E-state index contributed by atoms with van der Waals surface area (Å²) in [7, 11) is 0. The van der Waals surface area contributed by atoms with Gasteiger partial charge in [-0.05, 0) is 48.0 Å². The second-order valence-electron chi connectivity index (χ2n) is 9.05. The molecule has 0 bridgehead atoms. The minimum absolute atomic E-state index is 0.152. The fraction of sp³-hybridized carbons (Fsp3) is 0.185. The van der Waals surface area contributed by atoms with E-state index in [-0.39, 0.29) is 21.9 Å². The molecule has 202 valence electrons. The highest BCUT2D eigenvalue weighted by Crippen LogP contribution is 2.48. The van der Waals surface area contributed by atoms with Gasteiger partial charge in [-0.2, -0.15) is 18.3 Å². The molecule has 0 saturated heterocycles. The van der Waals surface area contributed by atoms with Crippen LogP contribution in [0.15, 0.2) is 73.1 Å². The van der Waals surface area contributed by atoms with Gasteiger partial charge in [-0.3, -0.25) is 0 Å². The molecule has 2 aromatic heterocycles. The number of aliphatic hydroxyl groups excluding tert-OH is 2. The maximum Gasteiger partial charge on any atom is 0.425 e. The Labute approximate surface area is 217 Å². The Bertz CT molecular complexity index is 1690. The molecule has 0 aliphatic carbocycles. The van der Waals surface area contributed by atoms with Crippen LogP contribution in [0.1, 0.15) is 21.5 Å². The van der Waals surface area contributed by atoms with E-state index in [0.29, 0.717) is 11.2 Å². The molecule has 4 N–H and O–H groups in total. The Hall–Kier alpha value is -4.26. The molecule has 3 aromatic carbocycles. The van der Waals surface area contributed by atoms with Crippen molar-refractivity contribution in [2.75, 3.05) is 6.61 Å². The van der Waals surface area contributed by atoms with E-state index in [1.54, 1.807) is 0 Å². The number of alkyl halides is 3. The smallest absolute Gasteiger partial charge is 0.425 e. The SMILES string of the molecule is O=C(O)c1cccc2c(C(O)(c3ccc4c(cnn4-c4ccc(F)cc4)c3)C(F)(F)F)cn(CC(O)CO)c12. The Balaban J connectivity index is 1.73. The number of fused-ring (bicyclic) bond motifs is 2. The van der Waals surface area contributed by atoms with Crippen LogP contribution in [0.3, 0.4) is 0 Å².